The summed E-state index contributed by atoms with van der Waals surface area (Å²) in [4.78, 5) is 13.2. The topological polar surface area (TPSA) is 52.6 Å². The Morgan fingerprint density at radius 2 is 1.89 bits per heavy atom. The molecule has 106 valence electrons. The fourth-order valence-electron chi connectivity index (χ4n) is 1.91. The number of benzene rings is 1. The van der Waals surface area contributed by atoms with Crippen LogP contribution in [0.25, 0.3) is 0 Å². The van der Waals surface area contributed by atoms with E-state index in [0.717, 1.165) is 17.7 Å². The molecule has 1 aromatic rings. The molecule has 4 heteroatoms. The van der Waals surface area contributed by atoms with E-state index in [9.17, 15) is 9.90 Å². The molecule has 0 aromatic heterocycles. The minimum atomic E-state index is -0.778. The third-order valence-electron chi connectivity index (χ3n) is 3.46. The average Bonchev–Trinajstić information content (AvgIpc) is 2.38. The summed E-state index contributed by atoms with van der Waals surface area (Å²) in [5.74, 6) is -0.655. The fraction of sp³-hybridized carbons (Fsp3) is 0.533. The molecule has 1 rings (SSSR count). The van der Waals surface area contributed by atoms with Crippen LogP contribution in [0.1, 0.15) is 25.8 Å². The monoisotopic (exact) mass is 264 g/mol. The van der Waals surface area contributed by atoms with Gasteiger partial charge >= 0.3 is 5.97 Å². The van der Waals surface area contributed by atoms with Crippen molar-refractivity contribution in [2.24, 2.45) is 5.92 Å². The SMILES string of the molecule is CCC(C)C(NCc1ccc(N(C)C)cc1)C(=O)O. The van der Waals surface area contributed by atoms with Crippen LogP contribution in [0.4, 0.5) is 5.69 Å². The normalized spacial score (nSPS) is 13.9. The van der Waals surface area contributed by atoms with Gasteiger partial charge in [0.2, 0.25) is 0 Å². The van der Waals surface area contributed by atoms with E-state index in [1.54, 1.807) is 0 Å². The van der Waals surface area contributed by atoms with E-state index in [1.807, 2.05) is 57.1 Å². The molecule has 0 amide bonds. The zero-order valence-corrected chi connectivity index (χ0v) is 12.2. The largest absolute Gasteiger partial charge is 0.480 e. The van der Waals surface area contributed by atoms with Crippen molar-refractivity contribution in [3.63, 3.8) is 0 Å². The molecule has 4 nitrogen and oxygen atoms in total. The van der Waals surface area contributed by atoms with Crippen molar-refractivity contribution in [3.05, 3.63) is 29.8 Å². The number of anilines is 1. The van der Waals surface area contributed by atoms with Gasteiger partial charge in [-0.3, -0.25) is 4.79 Å². The van der Waals surface area contributed by atoms with Gasteiger partial charge in [0.25, 0.3) is 0 Å². The molecule has 2 unspecified atom stereocenters. The second kappa shape index (κ2) is 7.14. The molecule has 0 spiro atoms. The van der Waals surface area contributed by atoms with Crippen LogP contribution in [0.5, 0.6) is 0 Å². The number of aliphatic carboxylic acids is 1. The van der Waals surface area contributed by atoms with Gasteiger partial charge in [-0.1, -0.05) is 32.4 Å². The maximum atomic E-state index is 11.2. The number of carbonyl (C=O) groups is 1. The van der Waals surface area contributed by atoms with Gasteiger partial charge in [0.05, 0.1) is 0 Å². The molecule has 2 atom stereocenters. The number of hydrogen-bond donors (Lipinski definition) is 2. The number of rotatable bonds is 7. The lowest BCUT2D eigenvalue weighted by Crippen LogP contribution is -2.41. The van der Waals surface area contributed by atoms with E-state index in [4.69, 9.17) is 0 Å². The summed E-state index contributed by atoms with van der Waals surface area (Å²) in [7, 11) is 3.99. The van der Waals surface area contributed by atoms with Gasteiger partial charge in [0.1, 0.15) is 6.04 Å². The van der Waals surface area contributed by atoms with Gasteiger partial charge in [-0.15, -0.1) is 0 Å². The third-order valence-corrected chi connectivity index (χ3v) is 3.46. The average molecular weight is 264 g/mol. The zero-order valence-electron chi connectivity index (χ0n) is 12.2. The molecular formula is C15H24N2O2. The summed E-state index contributed by atoms with van der Waals surface area (Å²) in [6.07, 6.45) is 0.851. The molecule has 0 saturated heterocycles. The van der Waals surface area contributed by atoms with Crippen LogP contribution in [0, 0.1) is 5.92 Å². The summed E-state index contributed by atoms with van der Waals surface area (Å²) in [6.45, 7) is 4.55. The zero-order chi connectivity index (χ0) is 14.4. The van der Waals surface area contributed by atoms with Crippen LogP contribution in [0.3, 0.4) is 0 Å². The summed E-state index contributed by atoms with van der Waals surface area (Å²) in [5, 5.41) is 12.3. The number of nitrogens with zero attached hydrogens (tertiary/aromatic N) is 1. The third kappa shape index (κ3) is 4.56. The quantitative estimate of drug-likeness (QED) is 0.793. The van der Waals surface area contributed by atoms with Crippen molar-refractivity contribution < 1.29 is 9.90 Å². The van der Waals surface area contributed by atoms with Crippen molar-refractivity contribution in [2.45, 2.75) is 32.9 Å². The van der Waals surface area contributed by atoms with E-state index in [-0.39, 0.29) is 5.92 Å². The lowest BCUT2D eigenvalue weighted by Gasteiger charge is -2.20. The van der Waals surface area contributed by atoms with Gasteiger partial charge in [-0.05, 0) is 23.6 Å². The van der Waals surface area contributed by atoms with Gasteiger partial charge < -0.3 is 15.3 Å². The first-order chi connectivity index (χ1) is 8.95. The van der Waals surface area contributed by atoms with Gasteiger partial charge in [0, 0.05) is 26.3 Å². The molecule has 0 aliphatic carbocycles. The smallest absolute Gasteiger partial charge is 0.320 e. The minimum absolute atomic E-state index is 0.124. The molecule has 0 radical (unpaired) electrons. The summed E-state index contributed by atoms with van der Waals surface area (Å²) >= 11 is 0. The maximum absolute atomic E-state index is 11.2. The van der Waals surface area contributed by atoms with E-state index >= 15 is 0 Å². The number of nitrogens with one attached hydrogen (secondary N) is 1. The van der Waals surface area contributed by atoms with Crippen LogP contribution >= 0.6 is 0 Å². The molecule has 0 saturated carbocycles. The van der Waals surface area contributed by atoms with Crippen molar-refractivity contribution >= 4 is 11.7 Å². The van der Waals surface area contributed by atoms with Crippen LogP contribution in [-0.2, 0) is 11.3 Å². The lowest BCUT2D eigenvalue weighted by molar-refractivity contribution is -0.140. The van der Waals surface area contributed by atoms with E-state index in [1.165, 1.54) is 0 Å². The maximum Gasteiger partial charge on any atom is 0.320 e. The van der Waals surface area contributed by atoms with E-state index < -0.39 is 12.0 Å². The van der Waals surface area contributed by atoms with Crippen molar-refractivity contribution in [1.82, 2.24) is 5.32 Å². The van der Waals surface area contributed by atoms with E-state index in [0.29, 0.717) is 6.54 Å². The Labute approximate surface area is 115 Å². The van der Waals surface area contributed by atoms with Crippen LogP contribution < -0.4 is 10.2 Å². The molecule has 2 N–H and O–H groups in total. The summed E-state index contributed by atoms with van der Waals surface area (Å²) in [5.41, 5.74) is 2.24. The highest BCUT2D eigenvalue weighted by atomic mass is 16.4. The Kier molecular flexibility index (Phi) is 5.83. The Balaban J connectivity index is 2.61. The summed E-state index contributed by atoms with van der Waals surface area (Å²) in [6, 6.07) is 7.64. The Bertz CT molecular complexity index is 401. The van der Waals surface area contributed by atoms with Crippen LogP contribution in [-0.4, -0.2) is 31.2 Å². The summed E-state index contributed by atoms with van der Waals surface area (Å²) < 4.78 is 0. The number of carboxylic acid groups (broad SMARTS) is 1. The predicted octanol–water partition coefficient (Wildman–Crippen LogP) is 2.34. The van der Waals surface area contributed by atoms with Gasteiger partial charge in [-0.25, -0.2) is 0 Å². The van der Waals surface area contributed by atoms with E-state index in [2.05, 4.69) is 5.32 Å². The van der Waals surface area contributed by atoms with Crippen LogP contribution in [0.2, 0.25) is 0 Å². The molecule has 0 aliphatic rings. The standard InChI is InChI=1S/C15H24N2O2/c1-5-11(2)14(15(18)19)16-10-12-6-8-13(9-7-12)17(3)4/h6-9,11,14,16H,5,10H2,1-4H3,(H,18,19). The molecule has 19 heavy (non-hydrogen) atoms. The molecule has 1 aromatic carbocycles. The first-order valence-electron chi connectivity index (χ1n) is 6.68. The first kappa shape index (κ1) is 15.5. The Morgan fingerprint density at radius 3 is 2.32 bits per heavy atom. The predicted molar refractivity (Wildman–Crippen MR) is 78.5 cm³/mol. The Hall–Kier alpha value is -1.55. The minimum Gasteiger partial charge on any atom is -0.480 e. The Morgan fingerprint density at radius 1 is 1.32 bits per heavy atom. The molecule has 0 heterocycles. The van der Waals surface area contributed by atoms with Gasteiger partial charge in [0.15, 0.2) is 0 Å². The second-order valence-corrected chi connectivity index (χ2v) is 5.14. The van der Waals surface area contributed by atoms with Crippen molar-refractivity contribution in [1.29, 1.82) is 0 Å². The highest BCUT2D eigenvalue weighted by molar-refractivity contribution is 5.73. The van der Waals surface area contributed by atoms with Crippen molar-refractivity contribution in [3.8, 4) is 0 Å². The lowest BCUT2D eigenvalue weighted by atomic mass is 9.99. The van der Waals surface area contributed by atoms with Gasteiger partial charge in [-0.2, -0.15) is 0 Å². The molecule has 0 bridgehead atoms. The molecule has 0 fully saturated rings. The highest BCUT2D eigenvalue weighted by Crippen LogP contribution is 2.13. The highest BCUT2D eigenvalue weighted by Gasteiger charge is 2.22. The fourth-order valence-corrected chi connectivity index (χ4v) is 1.91. The second-order valence-electron chi connectivity index (χ2n) is 5.14. The van der Waals surface area contributed by atoms with Crippen molar-refractivity contribution in [2.75, 3.05) is 19.0 Å². The van der Waals surface area contributed by atoms with Crippen LogP contribution in [0.15, 0.2) is 24.3 Å². The number of hydrogen-bond acceptors (Lipinski definition) is 3. The molecule has 0 aliphatic heterocycles. The molecular weight excluding hydrogens is 240 g/mol. The first-order valence-corrected chi connectivity index (χ1v) is 6.68. The number of carboxylic acids is 1.